The second kappa shape index (κ2) is 10.1. The second-order valence-corrected chi connectivity index (χ2v) is 10.2. The summed E-state index contributed by atoms with van der Waals surface area (Å²) in [5.74, 6) is 0.345. The third-order valence-corrected chi connectivity index (χ3v) is 6.77. The fraction of sp³-hybridized carbons (Fsp3) is 0.682. The van der Waals surface area contributed by atoms with Gasteiger partial charge >= 0.3 is 0 Å². The van der Waals surface area contributed by atoms with Crippen molar-refractivity contribution in [3.63, 3.8) is 0 Å². The summed E-state index contributed by atoms with van der Waals surface area (Å²) in [6, 6.07) is 9.14. The zero-order valence-electron chi connectivity index (χ0n) is 17.9. The molecule has 165 valence electrons. The molecule has 2 aliphatic rings. The van der Waals surface area contributed by atoms with Crippen LogP contribution in [0.15, 0.2) is 12.1 Å². The molecule has 0 spiro atoms. The molecule has 8 heteroatoms. The van der Waals surface area contributed by atoms with E-state index in [0.29, 0.717) is 17.9 Å². The van der Waals surface area contributed by atoms with Crippen molar-refractivity contribution in [2.75, 3.05) is 43.4 Å². The lowest BCUT2D eigenvalue weighted by Gasteiger charge is -2.40. The zero-order valence-corrected chi connectivity index (χ0v) is 18.7. The van der Waals surface area contributed by atoms with Gasteiger partial charge in [0.15, 0.2) is 0 Å². The number of morpholine rings is 1. The molecule has 1 radical (unpaired) electrons. The minimum atomic E-state index is -3.98. The van der Waals surface area contributed by atoms with Crippen LogP contribution in [0.25, 0.3) is 0 Å². The standard InChI is InChI=1S/C22H32N3O4S/c1-17-14-24(15-18(2)29-17)16-19-8-10-25(11-9-19)22-7-3-5-20(21(22)13-23)6-4-12-30(26,27)28/h3,5,17-19H,4,6,8-12,14-16H2,1-2H3,(H,26,27,28). The highest BCUT2D eigenvalue weighted by molar-refractivity contribution is 7.85. The number of ether oxygens (including phenoxy) is 1. The van der Waals surface area contributed by atoms with Crippen LogP contribution in [0.2, 0.25) is 0 Å². The predicted molar refractivity (Wildman–Crippen MR) is 116 cm³/mol. The van der Waals surface area contributed by atoms with Crippen LogP contribution < -0.4 is 4.90 Å². The summed E-state index contributed by atoms with van der Waals surface area (Å²) in [5.41, 5.74) is 2.20. The Morgan fingerprint density at radius 2 is 1.93 bits per heavy atom. The highest BCUT2D eigenvalue weighted by Crippen LogP contribution is 2.29. The van der Waals surface area contributed by atoms with Gasteiger partial charge in [-0.15, -0.1) is 0 Å². The van der Waals surface area contributed by atoms with Crippen LogP contribution in [-0.2, 0) is 21.3 Å². The molecule has 2 fully saturated rings. The van der Waals surface area contributed by atoms with Gasteiger partial charge in [0, 0.05) is 38.8 Å². The number of hydrogen-bond acceptors (Lipinski definition) is 6. The van der Waals surface area contributed by atoms with E-state index in [1.165, 1.54) is 0 Å². The lowest BCUT2D eigenvalue weighted by Crippen LogP contribution is -2.48. The van der Waals surface area contributed by atoms with Crippen LogP contribution in [0.5, 0.6) is 0 Å². The van der Waals surface area contributed by atoms with Gasteiger partial charge in [0.25, 0.3) is 10.1 Å². The van der Waals surface area contributed by atoms with Crippen molar-refractivity contribution in [2.45, 2.75) is 51.7 Å². The van der Waals surface area contributed by atoms with E-state index < -0.39 is 10.1 Å². The van der Waals surface area contributed by atoms with Crippen LogP contribution in [-0.4, -0.2) is 68.6 Å². The van der Waals surface area contributed by atoms with Crippen LogP contribution in [0, 0.1) is 23.3 Å². The Kier molecular flexibility index (Phi) is 7.75. The normalized spacial score (nSPS) is 24.0. The molecule has 1 aromatic rings. The van der Waals surface area contributed by atoms with E-state index in [0.717, 1.165) is 56.8 Å². The van der Waals surface area contributed by atoms with E-state index >= 15 is 0 Å². The van der Waals surface area contributed by atoms with Gasteiger partial charge in [-0.1, -0.05) is 12.1 Å². The molecule has 7 nitrogen and oxygen atoms in total. The minimum Gasteiger partial charge on any atom is -0.373 e. The number of nitrogens with zero attached hydrogens (tertiary/aromatic N) is 3. The Morgan fingerprint density at radius 1 is 1.27 bits per heavy atom. The van der Waals surface area contributed by atoms with E-state index in [2.05, 4.69) is 35.8 Å². The molecule has 2 unspecified atom stereocenters. The Hall–Kier alpha value is -1.66. The van der Waals surface area contributed by atoms with Gasteiger partial charge in [0.2, 0.25) is 0 Å². The molecule has 0 amide bonds. The average Bonchev–Trinajstić information content (AvgIpc) is 2.66. The average molecular weight is 435 g/mol. The maximum Gasteiger partial charge on any atom is 0.264 e. The molecule has 2 atom stereocenters. The number of hydrogen-bond donors (Lipinski definition) is 1. The lowest BCUT2D eigenvalue weighted by atomic mass is 9.94. The maximum atomic E-state index is 11.0. The minimum absolute atomic E-state index is 0.283. The van der Waals surface area contributed by atoms with E-state index in [4.69, 9.17) is 9.29 Å². The van der Waals surface area contributed by atoms with Gasteiger partial charge in [-0.2, -0.15) is 13.7 Å². The van der Waals surface area contributed by atoms with Crippen LogP contribution in [0.1, 0.15) is 44.2 Å². The van der Waals surface area contributed by atoms with Gasteiger partial charge in [-0.3, -0.25) is 9.45 Å². The fourth-order valence-corrected chi connectivity index (χ4v) is 5.20. The third kappa shape index (κ3) is 6.42. The number of rotatable bonds is 7. The molecule has 30 heavy (non-hydrogen) atoms. The summed E-state index contributed by atoms with van der Waals surface area (Å²) in [7, 11) is -3.98. The Bertz CT molecular complexity index is 850. The number of nitriles is 1. The summed E-state index contributed by atoms with van der Waals surface area (Å²) >= 11 is 0. The van der Waals surface area contributed by atoms with Gasteiger partial charge in [-0.05, 0) is 51.0 Å². The molecular weight excluding hydrogens is 402 g/mol. The smallest absolute Gasteiger partial charge is 0.264 e. The van der Waals surface area contributed by atoms with Crippen LogP contribution >= 0.6 is 0 Å². The molecule has 1 aromatic carbocycles. The van der Waals surface area contributed by atoms with Crippen molar-refractivity contribution in [1.29, 1.82) is 5.26 Å². The highest BCUT2D eigenvalue weighted by atomic mass is 32.2. The summed E-state index contributed by atoms with van der Waals surface area (Å²) < 4.78 is 36.7. The topological polar surface area (TPSA) is 93.9 Å². The molecule has 0 aliphatic carbocycles. The molecule has 1 N–H and O–H groups in total. The van der Waals surface area contributed by atoms with Crippen LogP contribution in [0.3, 0.4) is 0 Å². The van der Waals surface area contributed by atoms with Gasteiger partial charge in [0.1, 0.15) is 6.07 Å². The summed E-state index contributed by atoms with van der Waals surface area (Å²) in [4.78, 5) is 4.74. The SMILES string of the molecule is CC1CN(CC2CCN(c3[c]ccc(CCCS(=O)(=O)O)c3C#N)CC2)CC(C)O1. The van der Waals surface area contributed by atoms with E-state index in [-0.39, 0.29) is 24.4 Å². The summed E-state index contributed by atoms with van der Waals surface area (Å²) in [5, 5.41) is 9.72. The molecular formula is C22H32N3O4S. The van der Waals surface area contributed by atoms with E-state index in [9.17, 15) is 13.7 Å². The number of benzene rings is 1. The molecule has 0 aromatic heterocycles. The van der Waals surface area contributed by atoms with Gasteiger partial charge < -0.3 is 9.64 Å². The third-order valence-electron chi connectivity index (χ3n) is 5.97. The molecule has 0 bridgehead atoms. The zero-order chi connectivity index (χ0) is 21.7. The summed E-state index contributed by atoms with van der Waals surface area (Å²) in [6.45, 7) is 9.11. The Labute approximate surface area is 180 Å². The predicted octanol–water partition coefficient (Wildman–Crippen LogP) is 2.50. The molecule has 2 aliphatic heterocycles. The first kappa shape index (κ1) is 23.0. The largest absolute Gasteiger partial charge is 0.373 e. The molecule has 2 saturated heterocycles. The first-order valence-electron chi connectivity index (χ1n) is 10.8. The quantitative estimate of drug-likeness (QED) is 0.659. The van der Waals surface area contributed by atoms with Gasteiger partial charge in [0.05, 0.1) is 29.2 Å². The Morgan fingerprint density at radius 3 is 2.53 bits per heavy atom. The highest BCUT2D eigenvalue weighted by Gasteiger charge is 2.27. The first-order chi connectivity index (χ1) is 14.2. The van der Waals surface area contributed by atoms with Crippen molar-refractivity contribution in [3.05, 3.63) is 29.3 Å². The molecule has 0 saturated carbocycles. The van der Waals surface area contributed by atoms with Crippen molar-refractivity contribution in [1.82, 2.24) is 4.90 Å². The van der Waals surface area contributed by atoms with Gasteiger partial charge in [-0.25, -0.2) is 0 Å². The maximum absolute atomic E-state index is 11.0. The van der Waals surface area contributed by atoms with Crippen molar-refractivity contribution in [2.24, 2.45) is 5.92 Å². The van der Waals surface area contributed by atoms with E-state index in [1.807, 2.05) is 12.1 Å². The molecule has 3 rings (SSSR count). The number of aryl methyl sites for hydroxylation is 1. The van der Waals surface area contributed by atoms with Crippen molar-refractivity contribution < 1.29 is 17.7 Å². The summed E-state index contributed by atoms with van der Waals surface area (Å²) in [6.07, 6.45) is 3.44. The van der Waals surface area contributed by atoms with Crippen molar-refractivity contribution >= 4 is 15.8 Å². The monoisotopic (exact) mass is 434 g/mol. The lowest BCUT2D eigenvalue weighted by molar-refractivity contribution is -0.0720. The van der Waals surface area contributed by atoms with Crippen molar-refractivity contribution in [3.8, 4) is 6.07 Å². The van der Waals surface area contributed by atoms with Crippen LogP contribution in [0.4, 0.5) is 5.69 Å². The first-order valence-corrected chi connectivity index (χ1v) is 12.4. The molecule has 2 heterocycles. The number of piperidine rings is 1. The Balaban J connectivity index is 1.58. The van der Waals surface area contributed by atoms with E-state index in [1.54, 1.807) is 0 Å². The number of anilines is 1. The fourth-order valence-electron chi connectivity index (χ4n) is 4.69. The second-order valence-electron chi connectivity index (χ2n) is 8.63.